The number of aliphatic hydroxyl groups is 1. The molecule has 1 N–H and O–H groups in total. The fourth-order valence-electron chi connectivity index (χ4n) is 2.59. The average molecular weight is 196 g/mol. The first-order chi connectivity index (χ1) is 6.79. The fourth-order valence-corrected chi connectivity index (χ4v) is 2.59. The van der Waals surface area contributed by atoms with Crippen LogP contribution in [-0.4, -0.2) is 11.2 Å². The van der Waals surface area contributed by atoms with E-state index in [0.717, 1.165) is 12.8 Å². The maximum Gasteiger partial charge on any atom is 0.0630 e. The lowest BCUT2D eigenvalue weighted by Gasteiger charge is -2.30. The molecule has 1 saturated carbocycles. The minimum atomic E-state index is -0.132. The van der Waals surface area contributed by atoms with E-state index in [1.165, 1.54) is 32.1 Å². The molecule has 82 valence electrons. The van der Waals surface area contributed by atoms with E-state index in [4.69, 9.17) is 0 Å². The highest BCUT2D eigenvalue weighted by Crippen LogP contribution is 2.31. The molecule has 0 aromatic rings. The molecule has 0 unspecified atom stereocenters. The third-order valence-corrected chi connectivity index (χ3v) is 3.50. The highest BCUT2D eigenvalue weighted by atomic mass is 16.3. The fraction of sp³-hybridized carbons (Fsp3) is 0.846. The lowest BCUT2D eigenvalue weighted by Crippen LogP contribution is -2.29. The van der Waals surface area contributed by atoms with Crippen LogP contribution in [0.4, 0.5) is 0 Å². The number of hydrogen-bond donors (Lipinski definition) is 1. The Balaban J connectivity index is 2.42. The molecule has 0 aromatic heterocycles. The van der Waals surface area contributed by atoms with Crippen LogP contribution in [0.2, 0.25) is 0 Å². The van der Waals surface area contributed by atoms with E-state index >= 15 is 0 Å². The van der Waals surface area contributed by atoms with Crippen molar-refractivity contribution in [2.24, 2.45) is 11.8 Å². The first-order valence-electron chi connectivity index (χ1n) is 6.10. The Bertz CT molecular complexity index is 159. The van der Waals surface area contributed by atoms with Gasteiger partial charge in [0, 0.05) is 5.92 Å². The topological polar surface area (TPSA) is 20.2 Å². The molecule has 0 saturated heterocycles. The Morgan fingerprint density at radius 3 is 2.50 bits per heavy atom. The SMILES string of the molecule is C=C[C@H](CCC)[C@H](O)C1CCCCC1. The highest BCUT2D eigenvalue weighted by Gasteiger charge is 2.26. The maximum atomic E-state index is 10.2. The summed E-state index contributed by atoms with van der Waals surface area (Å²) >= 11 is 0. The van der Waals surface area contributed by atoms with Crippen LogP contribution in [-0.2, 0) is 0 Å². The van der Waals surface area contributed by atoms with Gasteiger partial charge in [-0.1, -0.05) is 38.7 Å². The van der Waals surface area contributed by atoms with Crippen molar-refractivity contribution < 1.29 is 5.11 Å². The van der Waals surface area contributed by atoms with Gasteiger partial charge < -0.3 is 5.11 Å². The van der Waals surface area contributed by atoms with Crippen molar-refractivity contribution in [3.63, 3.8) is 0 Å². The monoisotopic (exact) mass is 196 g/mol. The van der Waals surface area contributed by atoms with Crippen molar-refractivity contribution >= 4 is 0 Å². The Morgan fingerprint density at radius 1 is 1.36 bits per heavy atom. The van der Waals surface area contributed by atoms with Crippen LogP contribution >= 0.6 is 0 Å². The molecule has 1 heteroatoms. The number of hydrogen-bond acceptors (Lipinski definition) is 1. The molecule has 0 aliphatic heterocycles. The Hall–Kier alpha value is -0.300. The van der Waals surface area contributed by atoms with Gasteiger partial charge in [-0.05, 0) is 25.2 Å². The summed E-state index contributed by atoms with van der Waals surface area (Å²) in [5.41, 5.74) is 0. The summed E-state index contributed by atoms with van der Waals surface area (Å²) in [7, 11) is 0. The molecule has 0 amide bonds. The van der Waals surface area contributed by atoms with Crippen LogP contribution in [0.25, 0.3) is 0 Å². The van der Waals surface area contributed by atoms with Gasteiger partial charge in [0.05, 0.1) is 6.10 Å². The Kier molecular flexibility index (Phi) is 5.24. The van der Waals surface area contributed by atoms with E-state index in [2.05, 4.69) is 13.5 Å². The predicted octanol–water partition coefficient (Wildman–Crippen LogP) is 3.53. The van der Waals surface area contributed by atoms with E-state index in [1.807, 2.05) is 6.08 Å². The van der Waals surface area contributed by atoms with Gasteiger partial charge in [0.1, 0.15) is 0 Å². The van der Waals surface area contributed by atoms with Crippen LogP contribution < -0.4 is 0 Å². The molecule has 0 heterocycles. The normalized spacial score (nSPS) is 23.0. The molecular formula is C13H24O. The lowest BCUT2D eigenvalue weighted by atomic mass is 9.79. The largest absolute Gasteiger partial charge is 0.392 e. The minimum absolute atomic E-state index is 0.132. The summed E-state index contributed by atoms with van der Waals surface area (Å²) in [6.07, 6.45) is 10.4. The van der Waals surface area contributed by atoms with Crippen molar-refractivity contribution in [3.8, 4) is 0 Å². The summed E-state index contributed by atoms with van der Waals surface area (Å²) in [6, 6.07) is 0. The molecule has 0 bridgehead atoms. The van der Waals surface area contributed by atoms with Crippen LogP contribution in [0.15, 0.2) is 12.7 Å². The summed E-state index contributed by atoms with van der Waals surface area (Å²) in [6.45, 7) is 6.01. The van der Waals surface area contributed by atoms with Gasteiger partial charge in [-0.3, -0.25) is 0 Å². The lowest BCUT2D eigenvalue weighted by molar-refractivity contribution is 0.0469. The second-order valence-electron chi connectivity index (χ2n) is 4.58. The molecule has 1 aliphatic rings. The third-order valence-electron chi connectivity index (χ3n) is 3.50. The Morgan fingerprint density at radius 2 is 2.00 bits per heavy atom. The van der Waals surface area contributed by atoms with Crippen molar-refractivity contribution in [3.05, 3.63) is 12.7 Å². The molecule has 0 radical (unpaired) electrons. The number of rotatable bonds is 5. The van der Waals surface area contributed by atoms with Gasteiger partial charge in [0.2, 0.25) is 0 Å². The maximum absolute atomic E-state index is 10.2. The zero-order chi connectivity index (χ0) is 10.4. The molecule has 0 spiro atoms. The van der Waals surface area contributed by atoms with E-state index in [-0.39, 0.29) is 6.10 Å². The van der Waals surface area contributed by atoms with E-state index in [0.29, 0.717) is 11.8 Å². The van der Waals surface area contributed by atoms with Gasteiger partial charge >= 0.3 is 0 Å². The highest BCUT2D eigenvalue weighted by molar-refractivity contribution is 4.88. The number of aliphatic hydroxyl groups excluding tert-OH is 1. The zero-order valence-corrected chi connectivity index (χ0v) is 9.41. The molecule has 14 heavy (non-hydrogen) atoms. The second-order valence-corrected chi connectivity index (χ2v) is 4.58. The minimum Gasteiger partial charge on any atom is -0.392 e. The standard InChI is InChI=1S/C13H24O/c1-3-8-11(4-2)13(14)12-9-6-5-7-10-12/h4,11-14H,2-3,5-10H2,1H3/t11-,13+/m1/s1. The molecule has 2 atom stereocenters. The molecule has 0 aromatic carbocycles. The summed E-state index contributed by atoms with van der Waals surface area (Å²) < 4.78 is 0. The average Bonchev–Trinajstić information content (AvgIpc) is 2.26. The second kappa shape index (κ2) is 6.23. The Labute approximate surface area is 88.2 Å². The zero-order valence-electron chi connectivity index (χ0n) is 9.41. The van der Waals surface area contributed by atoms with E-state index < -0.39 is 0 Å². The third kappa shape index (κ3) is 3.13. The molecule has 1 rings (SSSR count). The van der Waals surface area contributed by atoms with Crippen LogP contribution in [0.1, 0.15) is 51.9 Å². The molecule has 1 fully saturated rings. The van der Waals surface area contributed by atoms with Gasteiger partial charge in [0.15, 0.2) is 0 Å². The summed E-state index contributed by atoms with van der Waals surface area (Å²) in [4.78, 5) is 0. The first kappa shape index (κ1) is 11.8. The van der Waals surface area contributed by atoms with Crippen molar-refractivity contribution in [2.75, 3.05) is 0 Å². The smallest absolute Gasteiger partial charge is 0.0630 e. The first-order valence-corrected chi connectivity index (χ1v) is 6.10. The molecule has 1 nitrogen and oxygen atoms in total. The van der Waals surface area contributed by atoms with Gasteiger partial charge in [-0.25, -0.2) is 0 Å². The van der Waals surface area contributed by atoms with Crippen LogP contribution in [0.3, 0.4) is 0 Å². The van der Waals surface area contributed by atoms with Crippen molar-refractivity contribution in [1.82, 2.24) is 0 Å². The quantitative estimate of drug-likeness (QED) is 0.667. The summed E-state index contributed by atoms with van der Waals surface area (Å²) in [5, 5.41) is 10.2. The van der Waals surface area contributed by atoms with Crippen molar-refractivity contribution in [2.45, 2.75) is 58.0 Å². The van der Waals surface area contributed by atoms with Gasteiger partial charge in [-0.2, -0.15) is 0 Å². The van der Waals surface area contributed by atoms with E-state index in [9.17, 15) is 5.11 Å². The molecular weight excluding hydrogens is 172 g/mol. The summed E-state index contributed by atoms with van der Waals surface area (Å²) in [5.74, 6) is 0.862. The van der Waals surface area contributed by atoms with Crippen molar-refractivity contribution in [1.29, 1.82) is 0 Å². The van der Waals surface area contributed by atoms with Crippen LogP contribution in [0, 0.1) is 11.8 Å². The van der Waals surface area contributed by atoms with Gasteiger partial charge in [0.25, 0.3) is 0 Å². The van der Waals surface area contributed by atoms with E-state index in [1.54, 1.807) is 0 Å². The van der Waals surface area contributed by atoms with Crippen LogP contribution in [0.5, 0.6) is 0 Å². The molecule has 1 aliphatic carbocycles. The predicted molar refractivity (Wildman–Crippen MR) is 61.2 cm³/mol. The van der Waals surface area contributed by atoms with Gasteiger partial charge in [-0.15, -0.1) is 6.58 Å².